The van der Waals surface area contributed by atoms with Crippen LogP contribution in [0.15, 0.2) is 54.9 Å². The number of ether oxygens (including phenoxy) is 1. The Bertz CT molecular complexity index is 947. The van der Waals surface area contributed by atoms with Crippen molar-refractivity contribution in [2.24, 2.45) is 0 Å². The van der Waals surface area contributed by atoms with Gasteiger partial charge in [-0.25, -0.2) is 4.98 Å². The number of aromatic amines is 1. The van der Waals surface area contributed by atoms with Crippen molar-refractivity contribution in [3.8, 4) is 17.0 Å². The lowest BCUT2D eigenvalue weighted by molar-refractivity contribution is 0.0747. The third-order valence-electron chi connectivity index (χ3n) is 5.32. The van der Waals surface area contributed by atoms with E-state index in [1.807, 2.05) is 47.4 Å². The fourth-order valence-electron chi connectivity index (χ4n) is 3.57. The second kappa shape index (κ2) is 9.43. The highest BCUT2D eigenvalue weighted by molar-refractivity contribution is 5.99. The van der Waals surface area contributed by atoms with Crippen LogP contribution in [-0.2, 0) is 0 Å². The summed E-state index contributed by atoms with van der Waals surface area (Å²) >= 11 is 0. The molecular formula is C23H27N5O2. The van der Waals surface area contributed by atoms with E-state index < -0.39 is 0 Å². The molecule has 1 aliphatic rings. The zero-order valence-electron chi connectivity index (χ0n) is 17.3. The predicted molar refractivity (Wildman–Crippen MR) is 117 cm³/mol. The van der Waals surface area contributed by atoms with Gasteiger partial charge in [0, 0.05) is 37.9 Å². The molecule has 4 rings (SSSR count). The number of piperazine rings is 1. The highest BCUT2D eigenvalue weighted by atomic mass is 16.5. The maximum Gasteiger partial charge on any atom is 0.257 e. The molecule has 0 saturated carbocycles. The van der Waals surface area contributed by atoms with Crippen LogP contribution in [0.2, 0.25) is 0 Å². The van der Waals surface area contributed by atoms with E-state index in [-0.39, 0.29) is 5.91 Å². The van der Waals surface area contributed by atoms with Crippen LogP contribution in [0.5, 0.6) is 5.75 Å². The summed E-state index contributed by atoms with van der Waals surface area (Å²) < 4.78 is 5.73. The lowest BCUT2D eigenvalue weighted by Gasteiger charge is -2.35. The molecular weight excluding hydrogens is 378 g/mol. The van der Waals surface area contributed by atoms with Crippen molar-refractivity contribution in [2.75, 3.05) is 37.7 Å². The Morgan fingerprint density at radius 1 is 1.10 bits per heavy atom. The Labute approximate surface area is 176 Å². The molecule has 1 aromatic carbocycles. The Balaban J connectivity index is 1.41. The molecule has 1 aliphatic heterocycles. The van der Waals surface area contributed by atoms with E-state index in [2.05, 4.69) is 27.0 Å². The summed E-state index contributed by atoms with van der Waals surface area (Å²) in [5.74, 6) is 1.79. The van der Waals surface area contributed by atoms with Gasteiger partial charge >= 0.3 is 0 Å². The van der Waals surface area contributed by atoms with Gasteiger partial charge in [-0.2, -0.15) is 5.10 Å². The quantitative estimate of drug-likeness (QED) is 0.608. The smallest absolute Gasteiger partial charge is 0.257 e. The number of unbranched alkanes of at least 4 members (excludes halogenated alkanes) is 1. The van der Waals surface area contributed by atoms with Gasteiger partial charge in [-0.05, 0) is 42.8 Å². The molecule has 0 aliphatic carbocycles. The summed E-state index contributed by atoms with van der Waals surface area (Å²) in [6, 6.07) is 13.7. The van der Waals surface area contributed by atoms with Crippen molar-refractivity contribution >= 4 is 11.7 Å². The maximum atomic E-state index is 13.1. The number of nitrogens with zero attached hydrogens (tertiary/aromatic N) is 4. The van der Waals surface area contributed by atoms with Crippen LogP contribution in [0.1, 0.15) is 30.1 Å². The number of carbonyl (C=O) groups is 1. The standard InChI is InChI=1S/C23H27N5O2/c1-2-3-16-30-19-9-7-18(8-10-19)22-20(17-25-26-22)23(29)28-14-12-27(13-15-28)21-6-4-5-11-24-21/h4-11,17H,2-3,12-16H2,1H3,(H,25,26). The Morgan fingerprint density at radius 2 is 1.90 bits per heavy atom. The number of aromatic nitrogens is 3. The van der Waals surface area contributed by atoms with Gasteiger partial charge in [0.05, 0.1) is 24.1 Å². The van der Waals surface area contributed by atoms with Gasteiger partial charge in [0.15, 0.2) is 0 Å². The van der Waals surface area contributed by atoms with E-state index in [4.69, 9.17) is 4.74 Å². The number of pyridine rings is 1. The molecule has 7 heteroatoms. The number of carbonyl (C=O) groups excluding carboxylic acids is 1. The molecule has 0 unspecified atom stereocenters. The van der Waals surface area contributed by atoms with E-state index in [9.17, 15) is 4.79 Å². The molecule has 30 heavy (non-hydrogen) atoms. The van der Waals surface area contributed by atoms with E-state index in [1.165, 1.54) is 0 Å². The SMILES string of the molecule is CCCCOc1ccc(-c2[nH]ncc2C(=O)N2CCN(c3ccccn3)CC2)cc1. The third-order valence-corrected chi connectivity index (χ3v) is 5.32. The second-order valence-electron chi connectivity index (χ2n) is 7.35. The molecule has 1 N–H and O–H groups in total. The number of anilines is 1. The average molecular weight is 406 g/mol. The van der Waals surface area contributed by atoms with Crippen LogP contribution in [0.4, 0.5) is 5.82 Å². The number of hydrogen-bond donors (Lipinski definition) is 1. The van der Waals surface area contributed by atoms with Gasteiger partial charge in [-0.15, -0.1) is 0 Å². The first-order valence-corrected chi connectivity index (χ1v) is 10.5. The van der Waals surface area contributed by atoms with Gasteiger partial charge in [-0.3, -0.25) is 9.89 Å². The van der Waals surface area contributed by atoms with E-state index in [0.717, 1.165) is 48.8 Å². The molecule has 3 aromatic rings. The van der Waals surface area contributed by atoms with Gasteiger partial charge in [-0.1, -0.05) is 19.4 Å². The number of H-pyrrole nitrogens is 1. The normalized spacial score (nSPS) is 14.0. The average Bonchev–Trinajstić information content (AvgIpc) is 3.30. The predicted octanol–water partition coefficient (Wildman–Crippen LogP) is 3.61. The number of hydrogen-bond acceptors (Lipinski definition) is 5. The summed E-state index contributed by atoms with van der Waals surface area (Å²) in [7, 11) is 0. The minimum atomic E-state index is 0.00249. The number of amides is 1. The van der Waals surface area contributed by atoms with Crippen molar-refractivity contribution in [1.82, 2.24) is 20.1 Å². The fourth-order valence-corrected chi connectivity index (χ4v) is 3.57. The summed E-state index contributed by atoms with van der Waals surface area (Å²) in [5, 5.41) is 7.13. The Kier molecular flexibility index (Phi) is 6.27. The number of nitrogens with one attached hydrogen (secondary N) is 1. The molecule has 0 bridgehead atoms. The van der Waals surface area contributed by atoms with Crippen LogP contribution in [-0.4, -0.2) is 58.8 Å². The first-order chi connectivity index (χ1) is 14.8. The Hall–Kier alpha value is -3.35. The second-order valence-corrected chi connectivity index (χ2v) is 7.35. The molecule has 0 spiro atoms. The van der Waals surface area contributed by atoms with Crippen molar-refractivity contribution < 1.29 is 9.53 Å². The highest BCUT2D eigenvalue weighted by Crippen LogP contribution is 2.25. The monoisotopic (exact) mass is 405 g/mol. The van der Waals surface area contributed by atoms with Crippen LogP contribution in [0, 0.1) is 0 Å². The fraction of sp³-hybridized carbons (Fsp3) is 0.348. The van der Waals surface area contributed by atoms with E-state index in [1.54, 1.807) is 12.4 Å². The Morgan fingerprint density at radius 3 is 2.60 bits per heavy atom. The molecule has 1 fully saturated rings. The zero-order chi connectivity index (χ0) is 20.8. The van der Waals surface area contributed by atoms with Crippen molar-refractivity contribution in [2.45, 2.75) is 19.8 Å². The molecule has 7 nitrogen and oxygen atoms in total. The van der Waals surface area contributed by atoms with E-state index >= 15 is 0 Å². The maximum absolute atomic E-state index is 13.1. The minimum Gasteiger partial charge on any atom is -0.494 e. The number of benzene rings is 1. The van der Waals surface area contributed by atoms with E-state index in [0.29, 0.717) is 25.3 Å². The van der Waals surface area contributed by atoms with Crippen molar-refractivity contribution in [3.63, 3.8) is 0 Å². The van der Waals surface area contributed by atoms with Crippen LogP contribution < -0.4 is 9.64 Å². The first kappa shape index (κ1) is 19.9. The van der Waals surface area contributed by atoms with Crippen molar-refractivity contribution in [3.05, 3.63) is 60.4 Å². The molecule has 0 atom stereocenters. The van der Waals surface area contributed by atoms with Crippen molar-refractivity contribution in [1.29, 1.82) is 0 Å². The molecule has 1 amide bonds. The molecule has 1 saturated heterocycles. The molecule has 0 radical (unpaired) electrons. The summed E-state index contributed by atoms with van der Waals surface area (Å²) in [4.78, 5) is 21.6. The van der Waals surface area contributed by atoms with Crippen LogP contribution in [0.3, 0.4) is 0 Å². The van der Waals surface area contributed by atoms with Gasteiger partial charge in [0.2, 0.25) is 0 Å². The molecule has 2 aromatic heterocycles. The molecule has 156 valence electrons. The highest BCUT2D eigenvalue weighted by Gasteiger charge is 2.25. The van der Waals surface area contributed by atoms with Crippen LogP contribution >= 0.6 is 0 Å². The lowest BCUT2D eigenvalue weighted by atomic mass is 10.1. The summed E-state index contributed by atoms with van der Waals surface area (Å²) in [5.41, 5.74) is 2.26. The van der Waals surface area contributed by atoms with Gasteiger partial charge in [0.25, 0.3) is 5.91 Å². The summed E-state index contributed by atoms with van der Waals surface area (Å²) in [6.45, 7) is 5.70. The minimum absolute atomic E-state index is 0.00249. The third kappa shape index (κ3) is 4.45. The van der Waals surface area contributed by atoms with Gasteiger partial charge in [0.1, 0.15) is 11.6 Å². The molecule has 3 heterocycles. The largest absolute Gasteiger partial charge is 0.494 e. The topological polar surface area (TPSA) is 74.3 Å². The lowest BCUT2D eigenvalue weighted by Crippen LogP contribution is -2.49. The summed E-state index contributed by atoms with van der Waals surface area (Å²) in [6.07, 6.45) is 5.56. The zero-order valence-corrected chi connectivity index (χ0v) is 17.3. The van der Waals surface area contributed by atoms with Crippen LogP contribution in [0.25, 0.3) is 11.3 Å². The van der Waals surface area contributed by atoms with Gasteiger partial charge < -0.3 is 14.5 Å². The number of rotatable bonds is 7. The first-order valence-electron chi connectivity index (χ1n) is 10.5.